The Morgan fingerprint density at radius 3 is 2.40 bits per heavy atom. The number of rotatable bonds is 2. The van der Waals surface area contributed by atoms with Crippen LogP contribution in [0.15, 0.2) is 0 Å². The van der Waals surface area contributed by atoms with E-state index in [1.54, 1.807) is 0 Å². The quantitative estimate of drug-likeness (QED) is 0.563. The van der Waals surface area contributed by atoms with Crippen molar-refractivity contribution >= 4 is 12.0 Å². The summed E-state index contributed by atoms with van der Waals surface area (Å²) in [5.74, 6) is -0.838. The molecule has 2 fully saturated rings. The van der Waals surface area contributed by atoms with Crippen LogP contribution in [0.4, 0.5) is 4.79 Å². The second-order valence-electron chi connectivity index (χ2n) is 4.14. The molecule has 2 rings (SSSR count). The first kappa shape index (κ1) is 10.2. The minimum atomic E-state index is -1.09. The summed E-state index contributed by atoms with van der Waals surface area (Å²) in [5, 5.41) is 21.0. The first-order valence-electron chi connectivity index (χ1n) is 5.04. The smallest absolute Gasteiger partial charge is 0.407 e. The van der Waals surface area contributed by atoms with E-state index in [-0.39, 0.29) is 25.0 Å². The molecule has 0 radical (unpaired) electrons. The van der Waals surface area contributed by atoms with Crippen molar-refractivity contribution in [3.8, 4) is 0 Å². The first-order valence-corrected chi connectivity index (χ1v) is 5.04. The van der Waals surface area contributed by atoms with Gasteiger partial charge in [-0.2, -0.15) is 0 Å². The fraction of sp³-hybridized carbons (Fsp3) is 0.778. The average Bonchev–Trinajstić information content (AvgIpc) is 2.86. The average molecular weight is 214 g/mol. The van der Waals surface area contributed by atoms with Gasteiger partial charge < -0.3 is 20.4 Å². The van der Waals surface area contributed by atoms with Crippen LogP contribution >= 0.6 is 0 Å². The highest BCUT2D eigenvalue weighted by molar-refractivity contribution is 5.81. The second kappa shape index (κ2) is 3.69. The number of hydrogen-bond donors (Lipinski definition) is 3. The third-order valence-corrected chi connectivity index (χ3v) is 2.82. The van der Waals surface area contributed by atoms with Gasteiger partial charge in [0.1, 0.15) is 0 Å². The van der Waals surface area contributed by atoms with Crippen LogP contribution in [0.2, 0.25) is 0 Å². The van der Waals surface area contributed by atoms with E-state index >= 15 is 0 Å². The lowest BCUT2D eigenvalue weighted by atomic mass is 10.1. The molecule has 2 aliphatic rings. The van der Waals surface area contributed by atoms with E-state index in [9.17, 15) is 14.7 Å². The van der Waals surface area contributed by atoms with Crippen LogP contribution in [0.5, 0.6) is 0 Å². The lowest BCUT2D eigenvalue weighted by Crippen LogP contribution is -2.38. The van der Waals surface area contributed by atoms with Gasteiger partial charge in [0.25, 0.3) is 0 Å². The van der Waals surface area contributed by atoms with Crippen LogP contribution in [-0.4, -0.2) is 52.3 Å². The highest BCUT2D eigenvalue weighted by Crippen LogP contribution is 2.22. The largest absolute Gasteiger partial charge is 0.465 e. The zero-order chi connectivity index (χ0) is 11.0. The van der Waals surface area contributed by atoms with Gasteiger partial charge in [-0.3, -0.25) is 4.79 Å². The molecule has 6 heteroatoms. The summed E-state index contributed by atoms with van der Waals surface area (Å²) in [7, 11) is 0. The van der Waals surface area contributed by atoms with Gasteiger partial charge in [-0.05, 0) is 12.8 Å². The molecule has 1 aliphatic heterocycles. The summed E-state index contributed by atoms with van der Waals surface area (Å²) in [6, 6.07) is 0.239. The maximum atomic E-state index is 11.6. The molecule has 3 N–H and O–H groups in total. The molecule has 2 amide bonds. The van der Waals surface area contributed by atoms with Crippen molar-refractivity contribution in [2.75, 3.05) is 13.1 Å². The van der Waals surface area contributed by atoms with E-state index in [4.69, 9.17) is 5.11 Å². The molecule has 0 aromatic heterocycles. The number of amides is 2. The third kappa shape index (κ3) is 2.20. The number of carboxylic acid groups (broad SMARTS) is 1. The molecule has 0 spiro atoms. The van der Waals surface area contributed by atoms with E-state index in [1.807, 2.05) is 0 Å². The number of likely N-dealkylation sites (tertiary alicyclic amines) is 1. The van der Waals surface area contributed by atoms with Crippen LogP contribution in [0.1, 0.15) is 12.8 Å². The normalized spacial score (nSPS) is 30.3. The maximum Gasteiger partial charge on any atom is 0.407 e. The lowest BCUT2D eigenvalue weighted by molar-refractivity contribution is -0.127. The van der Waals surface area contributed by atoms with Gasteiger partial charge >= 0.3 is 6.09 Å². The number of nitrogens with one attached hydrogen (secondary N) is 1. The molecule has 0 aromatic carbocycles. The van der Waals surface area contributed by atoms with Crippen LogP contribution in [0.3, 0.4) is 0 Å². The number of β-amino-alcohol motifs (C(OH)–C–C–N with tert-alkyl or cyclic N) is 1. The molecule has 6 nitrogen and oxygen atoms in total. The van der Waals surface area contributed by atoms with Crippen molar-refractivity contribution in [2.45, 2.75) is 25.0 Å². The number of carbonyl (C=O) groups is 2. The van der Waals surface area contributed by atoms with Gasteiger partial charge in [-0.25, -0.2) is 4.79 Å². The van der Waals surface area contributed by atoms with Gasteiger partial charge in [0.05, 0.1) is 18.6 Å². The Morgan fingerprint density at radius 1 is 1.27 bits per heavy atom. The Balaban J connectivity index is 1.91. The van der Waals surface area contributed by atoms with Crippen molar-refractivity contribution in [1.29, 1.82) is 0 Å². The molecule has 1 heterocycles. The maximum absolute atomic E-state index is 11.6. The fourth-order valence-electron chi connectivity index (χ4n) is 1.74. The van der Waals surface area contributed by atoms with Crippen LogP contribution in [0.25, 0.3) is 0 Å². The van der Waals surface area contributed by atoms with E-state index in [0.29, 0.717) is 0 Å². The lowest BCUT2D eigenvalue weighted by Gasteiger charge is -2.12. The molecule has 1 saturated heterocycles. The summed E-state index contributed by atoms with van der Waals surface area (Å²) in [5.41, 5.74) is 0. The summed E-state index contributed by atoms with van der Waals surface area (Å²) in [6.07, 6.45) is 0.00428. The number of carbonyl (C=O) groups excluding carboxylic acids is 1. The van der Waals surface area contributed by atoms with Gasteiger partial charge in [0, 0.05) is 12.6 Å². The highest BCUT2D eigenvalue weighted by Gasteiger charge is 2.40. The monoisotopic (exact) mass is 214 g/mol. The first-order chi connectivity index (χ1) is 7.08. The van der Waals surface area contributed by atoms with Crippen molar-refractivity contribution < 1.29 is 19.8 Å². The molecule has 15 heavy (non-hydrogen) atoms. The standard InChI is InChI=1S/C9H14N2O4/c12-7-4-11(9(14)15)3-6(7)8(13)10-5-1-2-5/h5-7,12H,1-4H2,(H,10,13)(H,14,15)/t6-,7+/m0/s1. The summed E-state index contributed by atoms with van der Waals surface area (Å²) >= 11 is 0. The third-order valence-electron chi connectivity index (χ3n) is 2.82. The highest BCUT2D eigenvalue weighted by atomic mass is 16.4. The van der Waals surface area contributed by atoms with Crippen LogP contribution < -0.4 is 5.32 Å². The topological polar surface area (TPSA) is 89.9 Å². The van der Waals surface area contributed by atoms with E-state index in [1.165, 1.54) is 0 Å². The summed E-state index contributed by atoms with van der Waals surface area (Å²) < 4.78 is 0. The van der Waals surface area contributed by atoms with Crippen molar-refractivity contribution in [2.24, 2.45) is 5.92 Å². The second-order valence-corrected chi connectivity index (χ2v) is 4.14. The number of hydrogen-bond acceptors (Lipinski definition) is 3. The minimum absolute atomic E-state index is 0.0259. The van der Waals surface area contributed by atoms with Crippen molar-refractivity contribution in [3.63, 3.8) is 0 Å². The molecule has 0 aromatic rings. The number of aliphatic hydroxyl groups excluding tert-OH is 1. The molecule has 1 aliphatic carbocycles. The van der Waals surface area contributed by atoms with E-state index in [2.05, 4.69) is 5.32 Å². The Bertz CT molecular complexity index is 290. The van der Waals surface area contributed by atoms with Gasteiger partial charge in [0.15, 0.2) is 0 Å². The molecular formula is C9H14N2O4. The predicted molar refractivity (Wildman–Crippen MR) is 50.3 cm³/mol. The van der Waals surface area contributed by atoms with Crippen molar-refractivity contribution in [3.05, 3.63) is 0 Å². The van der Waals surface area contributed by atoms with E-state index in [0.717, 1.165) is 17.7 Å². The van der Waals surface area contributed by atoms with Crippen molar-refractivity contribution in [1.82, 2.24) is 10.2 Å². The number of aliphatic hydroxyl groups is 1. The molecule has 1 saturated carbocycles. The molecular weight excluding hydrogens is 200 g/mol. The number of nitrogens with zero attached hydrogens (tertiary/aromatic N) is 1. The van der Waals surface area contributed by atoms with Gasteiger partial charge in [-0.15, -0.1) is 0 Å². The molecule has 2 atom stereocenters. The Labute approximate surface area is 86.9 Å². The molecule has 0 bridgehead atoms. The SMILES string of the molecule is O=C(NC1CC1)[C@H]1CN(C(=O)O)C[C@H]1O. The minimum Gasteiger partial charge on any atom is -0.465 e. The Kier molecular flexibility index (Phi) is 2.52. The predicted octanol–water partition coefficient (Wildman–Crippen LogP) is -0.764. The van der Waals surface area contributed by atoms with Crippen LogP contribution in [0, 0.1) is 5.92 Å². The summed E-state index contributed by atoms with van der Waals surface area (Å²) in [4.78, 5) is 23.3. The van der Waals surface area contributed by atoms with Gasteiger partial charge in [-0.1, -0.05) is 0 Å². The zero-order valence-electron chi connectivity index (χ0n) is 8.22. The van der Waals surface area contributed by atoms with E-state index < -0.39 is 18.1 Å². The Hall–Kier alpha value is -1.30. The zero-order valence-corrected chi connectivity index (χ0v) is 8.22. The Morgan fingerprint density at radius 2 is 1.93 bits per heavy atom. The van der Waals surface area contributed by atoms with Gasteiger partial charge in [0.2, 0.25) is 5.91 Å². The van der Waals surface area contributed by atoms with Crippen LogP contribution in [-0.2, 0) is 4.79 Å². The molecule has 84 valence electrons. The summed E-state index contributed by atoms with van der Waals surface area (Å²) in [6.45, 7) is 0.118. The molecule has 0 unspecified atom stereocenters. The fourth-order valence-corrected chi connectivity index (χ4v) is 1.74.